The number of aliphatic carboxylic acids is 1. The largest absolute Gasteiger partial charge is 0.507 e. The number of hydrogen-bond donors (Lipinski definition) is 2. The maximum Gasteiger partial charge on any atom is 0.381 e. The smallest absolute Gasteiger partial charge is 0.381 e. The van der Waals surface area contributed by atoms with Crippen LogP contribution in [0, 0.1) is 17.3 Å². The van der Waals surface area contributed by atoms with E-state index in [1.54, 1.807) is 12.1 Å². The monoisotopic (exact) mass is 324 g/mol. The summed E-state index contributed by atoms with van der Waals surface area (Å²) in [5.74, 6) is 4.49. The van der Waals surface area contributed by atoms with E-state index in [0.717, 1.165) is 0 Å². The van der Waals surface area contributed by atoms with Gasteiger partial charge in [-0.2, -0.15) is 0 Å². The molecule has 0 fully saturated rings. The van der Waals surface area contributed by atoms with E-state index in [1.807, 2.05) is 51.1 Å². The van der Waals surface area contributed by atoms with Crippen molar-refractivity contribution in [2.75, 3.05) is 0 Å². The molecule has 0 aliphatic rings. The van der Waals surface area contributed by atoms with Gasteiger partial charge in [0.2, 0.25) is 0 Å². The zero-order chi connectivity index (χ0) is 17.7. The molecular weight excluding hydrogens is 304 g/mol. The molecule has 4 nitrogen and oxygen atoms in total. The molecule has 2 aromatic carbocycles. The Bertz CT molecular complexity index is 777. The van der Waals surface area contributed by atoms with Gasteiger partial charge in [0.05, 0.1) is 5.92 Å². The molecule has 24 heavy (non-hydrogen) atoms. The minimum Gasteiger partial charge on any atom is -0.507 e. The van der Waals surface area contributed by atoms with Crippen molar-refractivity contribution in [1.29, 1.82) is 0 Å². The Balaban J connectivity index is 2.33. The van der Waals surface area contributed by atoms with Crippen LogP contribution >= 0.6 is 0 Å². The van der Waals surface area contributed by atoms with Crippen molar-refractivity contribution in [3.63, 3.8) is 0 Å². The predicted octanol–water partition coefficient (Wildman–Crippen LogP) is 4.40. The lowest BCUT2D eigenvalue weighted by atomic mass is 9.76. The fourth-order valence-corrected chi connectivity index (χ4v) is 2.35. The molecule has 2 aromatic rings. The first-order chi connectivity index (χ1) is 11.3. The van der Waals surface area contributed by atoms with Crippen LogP contribution in [-0.2, 0) is 4.79 Å². The maximum atomic E-state index is 10.7. The summed E-state index contributed by atoms with van der Waals surface area (Å²) in [7, 11) is 0. The summed E-state index contributed by atoms with van der Waals surface area (Å²) < 4.78 is 5.69. The summed E-state index contributed by atoms with van der Waals surface area (Å²) in [5.41, 5.74) is 0.249. The summed E-state index contributed by atoms with van der Waals surface area (Å²) in [5, 5.41) is 19.2. The average molecular weight is 324 g/mol. The Morgan fingerprint density at radius 3 is 2.29 bits per heavy atom. The molecule has 0 bridgehead atoms. The molecule has 124 valence electrons. The summed E-state index contributed by atoms with van der Waals surface area (Å²) in [6.07, 6.45) is 0. The van der Waals surface area contributed by atoms with Crippen LogP contribution < -0.4 is 4.74 Å². The second kappa shape index (κ2) is 7.10. The first kappa shape index (κ1) is 17.4. The molecule has 0 radical (unpaired) electrons. The number of benzene rings is 2. The van der Waals surface area contributed by atoms with Crippen LogP contribution in [0.5, 0.6) is 17.2 Å². The molecule has 0 amide bonds. The van der Waals surface area contributed by atoms with Gasteiger partial charge in [0.15, 0.2) is 0 Å². The van der Waals surface area contributed by atoms with Gasteiger partial charge in [-0.3, -0.25) is 0 Å². The van der Waals surface area contributed by atoms with Crippen LogP contribution in [0.2, 0.25) is 0 Å². The van der Waals surface area contributed by atoms with Crippen molar-refractivity contribution in [2.24, 2.45) is 5.41 Å². The van der Waals surface area contributed by atoms with E-state index in [1.165, 1.54) is 6.07 Å². The summed E-state index contributed by atoms with van der Waals surface area (Å²) in [6, 6.07) is 14.2. The molecule has 0 heterocycles. The second-order valence-electron chi connectivity index (χ2n) is 6.51. The van der Waals surface area contributed by atoms with Gasteiger partial charge in [-0.15, -0.1) is 0 Å². The molecule has 1 unspecified atom stereocenters. The SMILES string of the molecule is CC(C)(C)C(C#CC(=O)O)c1ccc(Oc2ccccc2)cc1O. The topological polar surface area (TPSA) is 66.8 Å². The van der Waals surface area contributed by atoms with Crippen molar-refractivity contribution in [1.82, 2.24) is 0 Å². The fourth-order valence-electron chi connectivity index (χ4n) is 2.35. The third-order valence-corrected chi connectivity index (χ3v) is 3.48. The number of carboxylic acids is 1. The minimum absolute atomic E-state index is 0.0306. The zero-order valence-corrected chi connectivity index (χ0v) is 13.9. The summed E-state index contributed by atoms with van der Waals surface area (Å²) >= 11 is 0. The van der Waals surface area contributed by atoms with Crippen LogP contribution in [-0.4, -0.2) is 16.2 Å². The fraction of sp³-hybridized carbons (Fsp3) is 0.250. The molecule has 1 atom stereocenters. The van der Waals surface area contributed by atoms with Crippen molar-refractivity contribution < 1.29 is 19.7 Å². The lowest BCUT2D eigenvalue weighted by molar-refractivity contribution is -0.130. The number of hydrogen-bond acceptors (Lipinski definition) is 3. The molecule has 0 aliphatic carbocycles. The highest BCUT2D eigenvalue weighted by atomic mass is 16.5. The lowest BCUT2D eigenvalue weighted by Gasteiger charge is -2.27. The van der Waals surface area contributed by atoms with Crippen molar-refractivity contribution in [3.8, 4) is 29.1 Å². The number of rotatable bonds is 3. The van der Waals surface area contributed by atoms with E-state index in [9.17, 15) is 9.90 Å². The average Bonchev–Trinajstić information content (AvgIpc) is 2.49. The first-order valence-corrected chi connectivity index (χ1v) is 7.57. The summed E-state index contributed by atoms with van der Waals surface area (Å²) in [6.45, 7) is 5.84. The maximum absolute atomic E-state index is 10.7. The van der Waals surface area contributed by atoms with Crippen LogP contribution in [0.1, 0.15) is 32.3 Å². The standard InChI is InChI=1S/C20H20O4/c1-20(2,3)17(11-12-19(22)23)16-10-9-15(13-18(16)21)24-14-7-5-4-6-8-14/h4-10,13,17,21H,1-3H3,(H,22,23). The summed E-state index contributed by atoms with van der Waals surface area (Å²) in [4.78, 5) is 10.7. The van der Waals surface area contributed by atoms with Gasteiger partial charge in [-0.1, -0.05) is 51.0 Å². The van der Waals surface area contributed by atoms with Crippen molar-refractivity contribution in [2.45, 2.75) is 26.7 Å². The minimum atomic E-state index is -1.19. The lowest BCUT2D eigenvalue weighted by Crippen LogP contribution is -2.17. The van der Waals surface area contributed by atoms with Crippen molar-refractivity contribution in [3.05, 3.63) is 54.1 Å². The number of aromatic hydroxyl groups is 1. The predicted molar refractivity (Wildman–Crippen MR) is 92.2 cm³/mol. The highest BCUT2D eigenvalue weighted by molar-refractivity contribution is 5.86. The van der Waals surface area contributed by atoms with Gasteiger partial charge in [0, 0.05) is 17.6 Å². The molecule has 2 rings (SSSR count). The van der Waals surface area contributed by atoms with Crippen LogP contribution in [0.3, 0.4) is 0 Å². The van der Waals surface area contributed by atoms with Gasteiger partial charge < -0.3 is 14.9 Å². The Morgan fingerprint density at radius 2 is 1.75 bits per heavy atom. The molecule has 4 heteroatoms. The first-order valence-electron chi connectivity index (χ1n) is 7.57. The number of carboxylic acid groups (broad SMARTS) is 1. The van der Waals surface area contributed by atoms with Gasteiger partial charge in [0.25, 0.3) is 0 Å². The molecular formula is C20H20O4. The molecule has 0 aromatic heterocycles. The third kappa shape index (κ3) is 4.53. The van der Waals surface area contributed by atoms with E-state index in [0.29, 0.717) is 17.1 Å². The van der Waals surface area contributed by atoms with Crippen LogP contribution in [0.4, 0.5) is 0 Å². The van der Waals surface area contributed by atoms with Crippen LogP contribution in [0.25, 0.3) is 0 Å². The normalized spacial score (nSPS) is 12.0. The Morgan fingerprint density at radius 1 is 1.08 bits per heavy atom. The molecule has 0 aliphatic heterocycles. The number of ether oxygens (including phenoxy) is 1. The van der Waals surface area contributed by atoms with Gasteiger partial charge >= 0.3 is 5.97 Å². The molecule has 0 spiro atoms. The Labute approximate surface area is 141 Å². The molecule has 2 N–H and O–H groups in total. The molecule has 0 saturated carbocycles. The number of phenolic OH excluding ortho intramolecular Hbond substituents is 1. The third-order valence-electron chi connectivity index (χ3n) is 3.48. The Kier molecular flexibility index (Phi) is 5.15. The molecule has 0 saturated heterocycles. The van der Waals surface area contributed by atoms with E-state index >= 15 is 0 Å². The van der Waals surface area contributed by atoms with Crippen molar-refractivity contribution >= 4 is 5.97 Å². The second-order valence-corrected chi connectivity index (χ2v) is 6.51. The zero-order valence-electron chi connectivity index (χ0n) is 13.9. The van der Waals surface area contributed by atoms with Crippen LogP contribution in [0.15, 0.2) is 48.5 Å². The van der Waals surface area contributed by atoms with E-state index < -0.39 is 11.9 Å². The quantitative estimate of drug-likeness (QED) is 0.821. The van der Waals surface area contributed by atoms with E-state index in [4.69, 9.17) is 9.84 Å². The van der Waals surface area contributed by atoms with Gasteiger partial charge in [0.1, 0.15) is 17.2 Å². The van der Waals surface area contributed by atoms with E-state index in [2.05, 4.69) is 11.8 Å². The van der Waals surface area contributed by atoms with E-state index in [-0.39, 0.29) is 11.2 Å². The highest BCUT2D eigenvalue weighted by Crippen LogP contribution is 2.40. The number of para-hydroxylation sites is 1. The van der Waals surface area contributed by atoms with Gasteiger partial charge in [-0.25, -0.2) is 4.79 Å². The Hall–Kier alpha value is -2.93. The van der Waals surface area contributed by atoms with Gasteiger partial charge in [-0.05, 0) is 23.6 Å². The number of phenols is 1. The number of carbonyl (C=O) groups is 1. The highest BCUT2D eigenvalue weighted by Gasteiger charge is 2.27.